The summed E-state index contributed by atoms with van der Waals surface area (Å²) in [6.07, 6.45) is 6.44. The van der Waals surface area contributed by atoms with Crippen LogP contribution < -0.4 is 11.1 Å². The molecule has 0 saturated heterocycles. The minimum Gasteiger partial charge on any atom is -0.396 e. The number of nitrogen functional groups attached to an aromatic ring is 1. The molecule has 1 fully saturated rings. The lowest BCUT2D eigenvalue weighted by molar-refractivity contribution is -0.122. The number of nitrogens with one attached hydrogen (secondary N) is 1. The van der Waals surface area contributed by atoms with Crippen molar-refractivity contribution in [3.05, 3.63) is 12.4 Å². The number of aliphatic hydroxyl groups excluding tert-OH is 1. The lowest BCUT2D eigenvalue weighted by atomic mass is 9.97. The summed E-state index contributed by atoms with van der Waals surface area (Å²) in [6.45, 7) is 1.05. The van der Waals surface area contributed by atoms with Crippen LogP contribution in [0.15, 0.2) is 12.4 Å². The van der Waals surface area contributed by atoms with Crippen LogP contribution in [0.1, 0.15) is 19.3 Å². The Balaban J connectivity index is 1.74. The number of aromatic nitrogens is 2. The smallest absolute Gasteiger partial charge is 0.241 e. The largest absolute Gasteiger partial charge is 0.396 e. The molecule has 0 radical (unpaired) electrons. The van der Waals surface area contributed by atoms with E-state index in [0.29, 0.717) is 24.1 Å². The third kappa shape index (κ3) is 3.22. The summed E-state index contributed by atoms with van der Waals surface area (Å²) in [4.78, 5) is 11.7. The summed E-state index contributed by atoms with van der Waals surface area (Å²) < 4.78 is 1.52. The molecule has 2 atom stereocenters. The highest BCUT2D eigenvalue weighted by molar-refractivity contribution is 5.75. The van der Waals surface area contributed by atoms with Crippen LogP contribution in [0.5, 0.6) is 0 Å². The molecule has 1 aromatic heterocycles. The van der Waals surface area contributed by atoms with Crippen molar-refractivity contribution in [1.29, 1.82) is 0 Å². The summed E-state index contributed by atoms with van der Waals surface area (Å²) in [6, 6.07) is 0. The van der Waals surface area contributed by atoms with Crippen molar-refractivity contribution in [2.45, 2.75) is 25.8 Å². The second-order valence-electron chi connectivity index (χ2n) is 4.91. The van der Waals surface area contributed by atoms with Crippen LogP contribution in [0.3, 0.4) is 0 Å². The van der Waals surface area contributed by atoms with Crippen LogP contribution in [-0.2, 0) is 11.3 Å². The van der Waals surface area contributed by atoms with Gasteiger partial charge in [-0.2, -0.15) is 5.10 Å². The molecule has 2 rings (SSSR count). The number of nitrogens with two attached hydrogens (primary N) is 1. The number of anilines is 1. The van der Waals surface area contributed by atoms with E-state index in [1.54, 1.807) is 6.20 Å². The Kier molecular flexibility index (Phi) is 4.19. The molecule has 1 saturated carbocycles. The first-order chi connectivity index (χ1) is 8.69. The number of nitrogens with zero attached hydrogens (tertiary/aromatic N) is 2. The molecule has 0 aromatic carbocycles. The number of amides is 1. The van der Waals surface area contributed by atoms with Gasteiger partial charge in [-0.3, -0.25) is 9.48 Å². The maximum atomic E-state index is 11.7. The fourth-order valence-electron chi connectivity index (χ4n) is 2.54. The molecule has 1 aliphatic rings. The minimum absolute atomic E-state index is 0.0679. The van der Waals surface area contributed by atoms with E-state index in [4.69, 9.17) is 5.73 Å². The van der Waals surface area contributed by atoms with E-state index in [1.165, 1.54) is 10.9 Å². The maximum Gasteiger partial charge on any atom is 0.241 e. The van der Waals surface area contributed by atoms with Crippen molar-refractivity contribution in [2.75, 3.05) is 18.9 Å². The predicted octanol–water partition coefficient (Wildman–Crippen LogP) is -0.00990. The number of hydrogen-bond acceptors (Lipinski definition) is 4. The maximum absolute atomic E-state index is 11.7. The molecule has 6 heteroatoms. The number of rotatable bonds is 5. The number of carbonyl (C=O) groups excluding carboxylic acids is 1. The third-order valence-electron chi connectivity index (χ3n) is 3.57. The highest BCUT2D eigenvalue weighted by Gasteiger charge is 2.26. The molecular weight excluding hydrogens is 232 g/mol. The van der Waals surface area contributed by atoms with Crippen LogP contribution >= 0.6 is 0 Å². The summed E-state index contributed by atoms with van der Waals surface area (Å²) in [5, 5.41) is 16.1. The molecule has 1 heterocycles. The van der Waals surface area contributed by atoms with E-state index in [0.717, 1.165) is 19.3 Å². The Labute approximate surface area is 106 Å². The molecule has 0 bridgehead atoms. The van der Waals surface area contributed by atoms with Crippen molar-refractivity contribution < 1.29 is 9.90 Å². The van der Waals surface area contributed by atoms with Gasteiger partial charge in [0.05, 0.1) is 11.9 Å². The molecule has 0 aliphatic heterocycles. The highest BCUT2D eigenvalue weighted by Crippen LogP contribution is 2.30. The van der Waals surface area contributed by atoms with Crippen LogP contribution in [-0.4, -0.2) is 33.9 Å². The molecular formula is C12H20N4O2. The molecule has 100 valence electrons. The predicted molar refractivity (Wildman–Crippen MR) is 67.6 cm³/mol. The molecule has 4 N–H and O–H groups in total. The van der Waals surface area contributed by atoms with Crippen molar-refractivity contribution >= 4 is 11.6 Å². The summed E-state index contributed by atoms with van der Waals surface area (Å²) in [5.74, 6) is 0.675. The van der Waals surface area contributed by atoms with E-state index >= 15 is 0 Å². The van der Waals surface area contributed by atoms with Crippen molar-refractivity contribution in [3.63, 3.8) is 0 Å². The number of carbonyl (C=O) groups is 1. The third-order valence-corrected chi connectivity index (χ3v) is 3.57. The fourth-order valence-corrected chi connectivity index (χ4v) is 2.54. The summed E-state index contributed by atoms with van der Waals surface area (Å²) >= 11 is 0. The van der Waals surface area contributed by atoms with Crippen LogP contribution in [0.2, 0.25) is 0 Å². The standard InChI is InChI=1S/C12H20N4O2/c13-11-5-15-16(6-11)7-12(18)14-4-9-2-1-3-10(9)8-17/h5-6,9-10,17H,1-4,7-8,13H2,(H,14,18). The zero-order chi connectivity index (χ0) is 13.0. The molecule has 1 aliphatic carbocycles. The van der Waals surface area contributed by atoms with Crippen molar-refractivity contribution in [3.8, 4) is 0 Å². The Bertz CT molecular complexity index is 405. The van der Waals surface area contributed by atoms with Crippen molar-refractivity contribution in [2.24, 2.45) is 11.8 Å². The molecule has 1 amide bonds. The summed E-state index contributed by atoms with van der Waals surface area (Å²) in [7, 11) is 0. The number of hydrogen-bond donors (Lipinski definition) is 3. The molecule has 1 aromatic rings. The van der Waals surface area contributed by atoms with Gasteiger partial charge in [-0.05, 0) is 24.7 Å². The van der Waals surface area contributed by atoms with Crippen LogP contribution in [0.25, 0.3) is 0 Å². The average Bonchev–Trinajstić information content (AvgIpc) is 2.95. The van der Waals surface area contributed by atoms with Gasteiger partial charge >= 0.3 is 0 Å². The molecule has 0 spiro atoms. The van der Waals surface area contributed by atoms with Gasteiger partial charge < -0.3 is 16.2 Å². The SMILES string of the molecule is Nc1cnn(CC(=O)NCC2CCCC2CO)c1. The van der Waals surface area contributed by atoms with Gasteiger partial charge in [0, 0.05) is 19.3 Å². The zero-order valence-electron chi connectivity index (χ0n) is 10.4. The van der Waals surface area contributed by atoms with Gasteiger partial charge in [-0.25, -0.2) is 0 Å². The van der Waals surface area contributed by atoms with E-state index < -0.39 is 0 Å². The van der Waals surface area contributed by atoms with Gasteiger partial charge in [0.1, 0.15) is 6.54 Å². The van der Waals surface area contributed by atoms with Crippen molar-refractivity contribution in [1.82, 2.24) is 15.1 Å². The second-order valence-corrected chi connectivity index (χ2v) is 4.91. The first kappa shape index (κ1) is 12.9. The van der Waals surface area contributed by atoms with Gasteiger partial charge in [-0.15, -0.1) is 0 Å². The first-order valence-electron chi connectivity index (χ1n) is 6.34. The number of aliphatic hydroxyl groups is 1. The van der Waals surface area contributed by atoms with Crippen LogP contribution in [0.4, 0.5) is 5.69 Å². The average molecular weight is 252 g/mol. The molecule has 2 unspecified atom stereocenters. The normalized spacial score (nSPS) is 23.2. The topological polar surface area (TPSA) is 93.2 Å². The van der Waals surface area contributed by atoms with Crippen LogP contribution in [0, 0.1) is 11.8 Å². The van der Waals surface area contributed by atoms with Gasteiger partial charge in [0.15, 0.2) is 0 Å². The highest BCUT2D eigenvalue weighted by atomic mass is 16.3. The monoisotopic (exact) mass is 252 g/mol. The van der Waals surface area contributed by atoms with Gasteiger partial charge in [0.25, 0.3) is 0 Å². The van der Waals surface area contributed by atoms with E-state index in [-0.39, 0.29) is 19.1 Å². The lowest BCUT2D eigenvalue weighted by Gasteiger charge is -2.17. The fraction of sp³-hybridized carbons (Fsp3) is 0.667. The minimum atomic E-state index is -0.0679. The quantitative estimate of drug-likeness (QED) is 0.687. The van der Waals surface area contributed by atoms with E-state index in [1.807, 2.05) is 0 Å². The van der Waals surface area contributed by atoms with Gasteiger partial charge in [0.2, 0.25) is 5.91 Å². The first-order valence-corrected chi connectivity index (χ1v) is 6.34. The lowest BCUT2D eigenvalue weighted by Crippen LogP contribution is -2.34. The van der Waals surface area contributed by atoms with Gasteiger partial charge in [-0.1, -0.05) is 6.42 Å². The Morgan fingerprint density at radius 3 is 3.00 bits per heavy atom. The molecule has 6 nitrogen and oxygen atoms in total. The van der Waals surface area contributed by atoms with E-state index in [9.17, 15) is 9.90 Å². The zero-order valence-corrected chi connectivity index (χ0v) is 10.4. The Hall–Kier alpha value is -1.56. The summed E-state index contributed by atoms with van der Waals surface area (Å²) in [5.41, 5.74) is 6.08. The second kappa shape index (κ2) is 5.86. The molecule has 18 heavy (non-hydrogen) atoms. The van der Waals surface area contributed by atoms with E-state index in [2.05, 4.69) is 10.4 Å². The Morgan fingerprint density at radius 2 is 2.33 bits per heavy atom. The Morgan fingerprint density at radius 1 is 1.56 bits per heavy atom.